The van der Waals surface area contributed by atoms with Crippen molar-refractivity contribution in [2.45, 2.75) is 38.6 Å². The highest BCUT2D eigenvalue weighted by Gasteiger charge is 2.20. The van der Waals surface area contributed by atoms with Gasteiger partial charge in [0.15, 0.2) is 0 Å². The van der Waals surface area contributed by atoms with Crippen LogP contribution in [0.5, 0.6) is 0 Å². The van der Waals surface area contributed by atoms with Gasteiger partial charge in [-0.3, -0.25) is 15.0 Å². The van der Waals surface area contributed by atoms with Crippen LogP contribution in [0.15, 0.2) is 10.6 Å². The van der Waals surface area contributed by atoms with Crippen molar-refractivity contribution in [1.29, 1.82) is 0 Å². The van der Waals surface area contributed by atoms with Gasteiger partial charge in [-0.15, -0.1) is 0 Å². The summed E-state index contributed by atoms with van der Waals surface area (Å²) in [6.07, 6.45) is 2.30. The van der Waals surface area contributed by atoms with Crippen LogP contribution in [0.2, 0.25) is 0 Å². The molecule has 0 radical (unpaired) electrons. The molecule has 6 nitrogen and oxygen atoms in total. The Balaban J connectivity index is 1.82. The van der Waals surface area contributed by atoms with Crippen molar-refractivity contribution < 1.29 is 9.32 Å². The van der Waals surface area contributed by atoms with E-state index in [4.69, 9.17) is 4.52 Å². The van der Waals surface area contributed by atoms with Gasteiger partial charge in [-0.2, -0.15) is 0 Å². The largest absolute Gasteiger partial charge is 0.338 e. The minimum absolute atomic E-state index is 0.0480. The molecule has 20 heavy (non-hydrogen) atoms. The molecule has 0 saturated carbocycles. The van der Waals surface area contributed by atoms with Crippen LogP contribution >= 0.6 is 0 Å². The molecule has 2 N–H and O–H groups in total. The fourth-order valence-corrected chi connectivity index (χ4v) is 2.43. The maximum absolute atomic E-state index is 12.0. The SMILES string of the molecule is CNC1CCCN(CC(=O)Nc2cc(C(C)C)no2)C1. The number of rotatable bonds is 5. The van der Waals surface area contributed by atoms with E-state index >= 15 is 0 Å². The molecular formula is C14H24N4O2. The van der Waals surface area contributed by atoms with E-state index in [2.05, 4.69) is 20.7 Å². The molecule has 2 rings (SSSR count). The lowest BCUT2D eigenvalue weighted by Gasteiger charge is -2.31. The maximum Gasteiger partial charge on any atom is 0.240 e. The summed E-state index contributed by atoms with van der Waals surface area (Å²) in [7, 11) is 1.97. The van der Waals surface area contributed by atoms with E-state index in [9.17, 15) is 4.79 Å². The standard InChI is InChI=1S/C14H24N4O2/c1-10(2)12-7-14(20-17-12)16-13(19)9-18-6-4-5-11(8-18)15-3/h7,10-11,15H,4-6,8-9H2,1-3H3,(H,16,19). The third-order valence-corrected chi connectivity index (χ3v) is 3.66. The number of nitrogens with one attached hydrogen (secondary N) is 2. The van der Waals surface area contributed by atoms with E-state index in [1.807, 2.05) is 20.9 Å². The van der Waals surface area contributed by atoms with Crippen LogP contribution in [0.3, 0.4) is 0 Å². The molecule has 1 aliphatic heterocycles. The molecule has 1 atom stereocenters. The minimum atomic E-state index is -0.0480. The first-order chi connectivity index (χ1) is 9.58. The molecule has 0 aliphatic carbocycles. The van der Waals surface area contributed by atoms with Gasteiger partial charge in [-0.25, -0.2) is 0 Å². The molecule has 1 unspecified atom stereocenters. The predicted octanol–water partition coefficient (Wildman–Crippen LogP) is 1.42. The van der Waals surface area contributed by atoms with Crippen molar-refractivity contribution in [3.8, 4) is 0 Å². The topological polar surface area (TPSA) is 70.4 Å². The van der Waals surface area contributed by atoms with Crippen LogP contribution < -0.4 is 10.6 Å². The van der Waals surface area contributed by atoms with Crippen LogP contribution in [-0.4, -0.2) is 48.7 Å². The first-order valence-corrected chi connectivity index (χ1v) is 7.24. The summed E-state index contributed by atoms with van der Waals surface area (Å²) in [5, 5.41) is 9.97. The number of piperidine rings is 1. The second-order valence-corrected chi connectivity index (χ2v) is 5.68. The number of aromatic nitrogens is 1. The highest BCUT2D eigenvalue weighted by atomic mass is 16.5. The van der Waals surface area contributed by atoms with Gasteiger partial charge in [0, 0.05) is 18.7 Å². The van der Waals surface area contributed by atoms with Gasteiger partial charge in [0.05, 0.1) is 12.2 Å². The maximum atomic E-state index is 12.0. The molecule has 0 spiro atoms. The molecule has 1 saturated heterocycles. The predicted molar refractivity (Wildman–Crippen MR) is 77.7 cm³/mol. The zero-order valence-electron chi connectivity index (χ0n) is 12.5. The van der Waals surface area contributed by atoms with Crippen LogP contribution in [0, 0.1) is 0 Å². The number of hydrogen-bond acceptors (Lipinski definition) is 5. The number of hydrogen-bond donors (Lipinski definition) is 2. The number of likely N-dealkylation sites (tertiary alicyclic amines) is 1. The number of anilines is 1. The minimum Gasteiger partial charge on any atom is -0.338 e. The Bertz CT molecular complexity index is 444. The molecule has 1 fully saturated rings. The lowest BCUT2D eigenvalue weighted by molar-refractivity contribution is -0.117. The van der Waals surface area contributed by atoms with Crippen molar-refractivity contribution >= 4 is 11.8 Å². The van der Waals surface area contributed by atoms with Crippen LogP contribution in [0.4, 0.5) is 5.88 Å². The van der Waals surface area contributed by atoms with Crippen LogP contribution in [0.25, 0.3) is 0 Å². The van der Waals surface area contributed by atoms with Gasteiger partial charge in [0.1, 0.15) is 0 Å². The Morgan fingerprint density at radius 1 is 1.60 bits per heavy atom. The average molecular weight is 280 g/mol. The Labute approximate surface area is 119 Å². The van der Waals surface area contributed by atoms with Gasteiger partial charge >= 0.3 is 0 Å². The number of nitrogens with zero attached hydrogens (tertiary/aromatic N) is 2. The highest BCUT2D eigenvalue weighted by Crippen LogP contribution is 2.17. The molecule has 2 heterocycles. The van der Waals surface area contributed by atoms with Crippen LogP contribution in [-0.2, 0) is 4.79 Å². The molecule has 112 valence electrons. The molecule has 0 bridgehead atoms. The van der Waals surface area contributed by atoms with Crippen molar-refractivity contribution in [3.05, 3.63) is 11.8 Å². The zero-order valence-corrected chi connectivity index (χ0v) is 12.5. The first-order valence-electron chi connectivity index (χ1n) is 7.24. The average Bonchev–Trinajstić information content (AvgIpc) is 2.87. The van der Waals surface area contributed by atoms with E-state index in [0.29, 0.717) is 24.4 Å². The summed E-state index contributed by atoms with van der Waals surface area (Å²) in [6.45, 7) is 6.36. The number of carbonyl (C=O) groups is 1. The van der Waals surface area contributed by atoms with E-state index in [0.717, 1.165) is 25.2 Å². The van der Waals surface area contributed by atoms with Crippen molar-refractivity contribution in [2.24, 2.45) is 0 Å². The summed E-state index contributed by atoms with van der Waals surface area (Å²) < 4.78 is 5.12. The number of carbonyl (C=O) groups excluding carboxylic acids is 1. The lowest BCUT2D eigenvalue weighted by atomic mass is 10.1. The van der Waals surface area contributed by atoms with E-state index in [1.54, 1.807) is 6.07 Å². The monoisotopic (exact) mass is 280 g/mol. The quantitative estimate of drug-likeness (QED) is 0.853. The summed E-state index contributed by atoms with van der Waals surface area (Å²) in [5.74, 6) is 0.678. The second kappa shape index (κ2) is 6.85. The number of amides is 1. The Hall–Kier alpha value is -1.40. The third kappa shape index (κ3) is 4.05. The third-order valence-electron chi connectivity index (χ3n) is 3.66. The Morgan fingerprint density at radius 3 is 3.05 bits per heavy atom. The first kappa shape index (κ1) is 15.0. The normalized spacial score (nSPS) is 20.3. The summed E-state index contributed by atoms with van der Waals surface area (Å²) in [5.41, 5.74) is 0.855. The van der Waals surface area contributed by atoms with Gasteiger partial charge in [-0.05, 0) is 32.4 Å². The van der Waals surface area contributed by atoms with Gasteiger partial charge in [-0.1, -0.05) is 19.0 Å². The highest BCUT2D eigenvalue weighted by molar-refractivity contribution is 5.90. The summed E-state index contributed by atoms with van der Waals surface area (Å²) in [4.78, 5) is 14.2. The van der Waals surface area contributed by atoms with E-state index in [1.165, 1.54) is 6.42 Å². The molecule has 1 amide bonds. The summed E-state index contributed by atoms with van der Waals surface area (Å²) >= 11 is 0. The molecular weight excluding hydrogens is 256 g/mol. The van der Waals surface area contributed by atoms with Crippen molar-refractivity contribution in [3.63, 3.8) is 0 Å². The van der Waals surface area contributed by atoms with Crippen molar-refractivity contribution in [1.82, 2.24) is 15.4 Å². The van der Waals surface area contributed by atoms with Gasteiger partial charge < -0.3 is 9.84 Å². The molecule has 1 aromatic heterocycles. The Morgan fingerprint density at radius 2 is 2.40 bits per heavy atom. The van der Waals surface area contributed by atoms with Crippen LogP contribution in [0.1, 0.15) is 38.3 Å². The lowest BCUT2D eigenvalue weighted by Crippen LogP contribution is -2.46. The van der Waals surface area contributed by atoms with Gasteiger partial charge in [0.25, 0.3) is 0 Å². The molecule has 6 heteroatoms. The fourth-order valence-electron chi connectivity index (χ4n) is 2.43. The van der Waals surface area contributed by atoms with Crippen molar-refractivity contribution in [2.75, 3.05) is 32.0 Å². The number of likely N-dealkylation sites (N-methyl/N-ethyl adjacent to an activating group) is 1. The van der Waals surface area contributed by atoms with Gasteiger partial charge in [0.2, 0.25) is 11.8 Å². The molecule has 1 aliphatic rings. The van der Waals surface area contributed by atoms with E-state index < -0.39 is 0 Å². The smallest absolute Gasteiger partial charge is 0.240 e. The summed E-state index contributed by atoms with van der Waals surface area (Å²) in [6, 6.07) is 2.27. The Kier molecular flexibility index (Phi) is 5.14. The molecule has 0 aromatic carbocycles. The van der Waals surface area contributed by atoms with E-state index in [-0.39, 0.29) is 5.91 Å². The fraction of sp³-hybridized carbons (Fsp3) is 0.714. The zero-order chi connectivity index (χ0) is 14.5. The molecule has 1 aromatic rings. The second-order valence-electron chi connectivity index (χ2n) is 5.68.